The molecule has 10 heteroatoms. The van der Waals surface area contributed by atoms with Crippen LogP contribution in [0.4, 0.5) is 5.69 Å². The van der Waals surface area contributed by atoms with Crippen molar-refractivity contribution in [1.29, 1.82) is 0 Å². The first-order chi connectivity index (χ1) is 13.8. The lowest BCUT2D eigenvalue weighted by Gasteiger charge is -2.35. The molecule has 1 fully saturated rings. The van der Waals surface area contributed by atoms with Crippen LogP contribution in [0.2, 0.25) is 0 Å². The minimum atomic E-state index is -3.69. The summed E-state index contributed by atoms with van der Waals surface area (Å²) < 4.78 is 32.5. The van der Waals surface area contributed by atoms with E-state index in [0.29, 0.717) is 37.6 Å². The molecule has 0 atom stereocenters. The first-order valence-electron chi connectivity index (χ1n) is 9.81. The summed E-state index contributed by atoms with van der Waals surface area (Å²) in [6.45, 7) is 6.71. The van der Waals surface area contributed by atoms with Crippen molar-refractivity contribution in [2.45, 2.75) is 18.7 Å². The molecule has 1 saturated heterocycles. The van der Waals surface area contributed by atoms with Crippen LogP contribution in [0, 0.1) is 0 Å². The van der Waals surface area contributed by atoms with E-state index in [0.717, 1.165) is 13.1 Å². The molecule has 2 heterocycles. The standard InChI is InChI=1S/C19H28N4O5S/c1-4-22(5-2)29(26,27)15-6-7-17-16(12-15)23(19(25)14-28-17)13-18(24)21-10-8-20(3)9-11-21/h6-7,12H,4-5,8-11,13-14H2,1-3H3. The van der Waals surface area contributed by atoms with Crippen LogP contribution in [-0.2, 0) is 19.6 Å². The van der Waals surface area contributed by atoms with Crippen molar-refractivity contribution in [1.82, 2.24) is 14.1 Å². The Morgan fingerprint density at radius 1 is 1.14 bits per heavy atom. The number of ether oxygens (including phenoxy) is 1. The Hall–Kier alpha value is -2.17. The van der Waals surface area contributed by atoms with Gasteiger partial charge in [-0.1, -0.05) is 13.8 Å². The number of benzene rings is 1. The fourth-order valence-electron chi connectivity index (χ4n) is 3.52. The van der Waals surface area contributed by atoms with Crippen molar-refractivity contribution >= 4 is 27.5 Å². The number of piperazine rings is 1. The number of carbonyl (C=O) groups is 2. The van der Waals surface area contributed by atoms with Gasteiger partial charge in [0.05, 0.1) is 10.6 Å². The van der Waals surface area contributed by atoms with Crippen LogP contribution in [0.15, 0.2) is 23.1 Å². The lowest BCUT2D eigenvalue weighted by atomic mass is 10.2. The van der Waals surface area contributed by atoms with Crippen molar-refractivity contribution in [2.75, 3.05) is 64.4 Å². The zero-order valence-corrected chi connectivity index (χ0v) is 17.9. The molecule has 0 bridgehead atoms. The van der Waals surface area contributed by atoms with Crippen LogP contribution in [0.25, 0.3) is 0 Å². The summed E-state index contributed by atoms with van der Waals surface area (Å²) in [6, 6.07) is 4.45. The largest absolute Gasteiger partial charge is 0.482 e. The van der Waals surface area contributed by atoms with Crippen molar-refractivity contribution in [3.8, 4) is 5.75 Å². The van der Waals surface area contributed by atoms with E-state index in [2.05, 4.69) is 4.90 Å². The summed E-state index contributed by atoms with van der Waals surface area (Å²) in [5.74, 6) is -0.122. The average Bonchev–Trinajstić information content (AvgIpc) is 2.71. The third-order valence-electron chi connectivity index (χ3n) is 5.37. The Morgan fingerprint density at radius 3 is 2.41 bits per heavy atom. The highest BCUT2D eigenvalue weighted by Crippen LogP contribution is 2.35. The first-order valence-corrected chi connectivity index (χ1v) is 11.3. The Kier molecular flexibility index (Phi) is 6.45. The summed E-state index contributed by atoms with van der Waals surface area (Å²) in [5, 5.41) is 0. The summed E-state index contributed by atoms with van der Waals surface area (Å²) in [4.78, 5) is 30.5. The molecule has 2 aliphatic heterocycles. The molecule has 2 aliphatic rings. The molecule has 0 aromatic heterocycles. The highest BCUT2D eigenvalue weighted by Gasteiger charge is 2.32. The number of carbonyl (C=O) groups excluding carboxylic acids is 2. The van der Waals surface area contributed by atoms with E-state index in [4.69, 9.17) is 4.74 Å². The fraction of sp³-hybridized carbons (Fsp3) is 0.579. The number of hydrogen-bond donors (Lipinski definition) is 0. The predicted octanol–water partition coefficient (Wildman–Crippen LogP) is 0.217. The molecule has 0 aliphatic carbocycles. The molecule has 0 saturated carbocycles. The van der Waals surface area contributed by atoms with Crippen molar-refractivity contribution in [3.63, 3.8) is 0 Å². The zero-order valence-electron chi connectivity index (χ0n) is 17.1. The van der Waals surface area contributed by atoms with Gasteiger partial charge in [-0.15, -0.1) is 0 Å². The maximum absolute atomic E-state index is 12.9. The van der Waals surface area contributed by atoms with Gasteiger partial charge < -0.3 is 14.5 Å². The predicted molar refractivity (Wildman–Crippen MR) is 108 cm³/mol. The molecule has 9 nitrogen and oxygen atoms in total. The van der Waals surface area contributed by atoms with Crippen molar-refractivity contribution in [2.24, 2.45) is 0 Å². The number of hydrogen-bond acceptors (Lipinski definition) is 6. The molecule has 2 amide bonds. The van der Waals surface area contributed by atoms with Crippen molar-refractivity contribution < 1.29 is 22.7 Å². The Labute approximate surface area is 171 Å². The number of sulfonamides is 1. The van der Waals surface area contributed by atoms with Gasteiger partial charge in [0.2, 0.25) is 15.9 Å². The van der Waals surface area contributed by atoms with Gasteiger partial charge in [0.1, 0.15) is 12.3 Å². The van der Waals surface area contributed by atoms with Gasteiger partial charge in [-0.2, -0.15) is 4.31 Å². The number of amides is 2. The van der Waals surface area contributed by atoms with E-state index < -0.39 is 10.0 Å². The van der Waals surface area contributed by atoms with E-state index in [9.17, 15) is 18.0 Å². The topological polar surface area (TPSA) is 90.5 Å². The molecule has 29 heavy (non-hydrogen) atoms. The van der Waals surface area contributed by atoms with Crippen LogP contribution in [0.3, 0.4) is 0 Å². The maximum Gasteiger partial charge on any atom is 0.265 e. The number of fused-ring (bicyclic) bond motifs is 1. The van der Waals surface area contributed by atoms with Gasteiger partial charge in [0.25, 0.3) is 5.91 Å². The van der Waals surface area contributed by atoms with Crippen LogP contribution in [0.5, 0.6) is 5.75 Å². The van der Waals surface area contributed by atoms with Crippen LogP contribution in [0.1, 0.15) is 13.8 Å². The Bertz CT molecular complexity index is 877. The molecule has 0 unspecified atom stereocenters. The minimum absolute atomic E-state index is 0.0790. The maximum atomic E-state index is 12.9. The quantitative estimate of drug-likeness (QED) is 0.649. The normalized spacial score (nSPS) is 18.0. The molecule has 0 radical (unpaired) electrons. The Balaban J connectivity index is 1.88. The van der Waals surface area contributed by atoms with Crippen LogP contribution >= 0.6 is 0 Å². The smallest absolute Gasteiger partial charge is 0.265 e. The van der Waals surface area contributed by atoms with Crippen LogP contribution < -0.4 is 9.64 Å². The minimum Gasteiger partial charge on any atom is -0.482 e. The SMILES string of the molecule is CCN(CC)S(=O)(=O)c1ccc2c(c1)N(CC(=O)N1CCN(C)CC1)C(=O)CO2. The highest BCUT2D eigenvalue weighted by molar-refractivity contribution is 7.89. The highest BCUT2D eigenvalue weighted by atomic mass is 32.2. The molecular weight excluding hydrogens is 396 g/mol. The van der Waals surface area contributed by atoms with E-state index in [-0.39, 0.29) is 29.9 Å². The third kappa shape index (κ3) is 4.39. The van der Waals surface area contributed by atoms with E-state index in [1.807, 2.05) is 7.05 Å². The van der Waals surface area contributed by atoms with Gasteiger partial charge in [0.15, 0.2) is 6.61 Å². The molecule has 0 N–H and O–H groups in total. The molecule has 3 rings (SSSR count). The van der Waals surface area contributed by atoms with Gasteiger partial charge in [-0.3, -0.25) is 14.5 Å². The molecule has 1 aromatic carbocycles. The van der Waals surface area contributed by atoms with E-state index >= 15 is 0 Å². The summed E-state index contributed by atoms with van der Waals surface area (Å²) in [6.07, 6.45) is 0. The lowest BCUT2D eigenvalue weighted by molar-refractivity contribution is -0.133. The first kappa shape index (κ1) is 21.5. The number of nitrogens with zero attached hydrogens (tertiary/aromatic N) is 4. The summed E-state index contributed by atoms with van der Waals surface area (Å²) >= 11 is 0. The fourth-order valence-corrected chi connectivity index (χ4v) is 5.00. The van der Waals surface area contributed by atoms with Gasteiger partial charge >= 0.3 is 0 Å². The molecule has 1 aromatic rings. The van der Waals surface area contributed by atoms with Gasteiger partial charge in [-0.05, 0) is 25.2 Å². The second-order valence-electron chi connectivity index (χ2n) is 7.17. The van der Waals surface area contributed by atoms with E-state index in [1.54, 1.807) is 24.8 Å². The lowest BCUT2D eigenvalue weighted by Crippen LogP contribution is -2.52. The average molecular weight is 425 g/mol. The zero-order chi connectivity index (χ0) is 21.2. The summed E-state index contributed by atoms with van der Waals surface area (Å²) in [5.41, 5.74) is 0.317. The molecule has 0 spiro atoms. The number of anilines is 1. The molecular formula is C19H28N4O5S. The third-order valence-corrected chi connectivity index (χ3v) is 7.41. The van der Waals surface area contributed by atoms with Gasteiger partial charge in [0, 0.05) is 39.3 Å². The van der Waals surface area contributed by atoms with Crippen molar-refractivity contribution in [3.05, 3.63) is 18.2 Å². The van der Waals surface area contributed by atoms with Gasteiger partial charge in [-0.25, -0.2) is 8.42 Å². The van der Waals surface area contributed by atoms with E-state index in [1.165, 1.54) is 21.3 Å². The second kappa shape index (κ2) is 8.68. The Morgan fingerprint density at radius 2 is 1.79 bits per heavy atom. The summed E-state index contributed by atoms with van der Waals surface area (Å²) in [7, 11) is -1.69. The molecule has 160 valence electrons. The number of rotatable bonds is 6. The van der Waals surface area contributed by atoms with Crippen LogP contribution in [-0.4, -0.2) is 93.8 Å². The second-order valence-corrected chi connectivity index (χ2v) is 9.11. The monoisotopic (exact) mass is 424 g/mol. The number of likely N-dealkylation sites (N-methyl/N-ethyl adjacent to an activating group) is 1.